The number of urea groups is 1. The van der Waals surface area contributed by atoms with Gasteiger partial charge in [-0.3, -0.25) is 9.59 Å². The topological polar surface area (TPSA) is 124 Å². The van der Waals surface area contributed by atoms with Crippen molar-refractivity contribution in [3.8, 4) is 0 Å². The molecule has 1 saturated heterocycles. The van der Waals surface area contributed by atoms with Crippen LogP contribution in [0.1, 0.15) is 52.6 Å². The smallest absolute Gasteiger partial charge is 0.319 e. The third-order valence-electron chi connectivity index (χ3n) is 5.90. The largest absolute Gasteiger partial charge is 0.545 e. The van der Waals surface area contributed by atoms with Crippen LogP contribution in [-0.2, 0) is 6.54 Å². The highest BCUT2D eigenvalue weighted by molar-refractivity contribution is 5.97. The van der Waals surface area contributed by atoms with Gasteiger partial charge in [-0.2, -0.15) is 0 Å². The molecule has 9 heteroatoms. The van der Waals surface area contributed by atoms with Gasteiger partial charge in [-0.1, -0.05) is 12.1 Å². The number of nitrogens with one attached hydrogen (secondary N) is 2. The Balaban J connectivity index is 1.55. The molecule has 32 heavy (non-hydrogen) atoms. The van der Waals surface area contributed by atoms with Gasteiger partial charge in [0, 0.05) is 42.9 Å². The quantitative estimate of drug-likeness (QED) is 0.739. The number of piperidine rings is 1. The van der Waals surface area contributed by atoms with Crippen LogP contribution in [0.2, 0.25) is 0 Å². The van der Waals surface area contributed by atoms with Crippen LogP contribution in [-0.4, -0.2) is 46.5 Å². The van der Waals surface area contributed by atoms with E-state index in [0.29, 0.717) is 25.2 Å². The van der Waals surface area contributed by atoms with Crippen molar-refractivity contribution in [2.45, 2.75) is 38.8 Å². The predicted octanol–water partition coefficient (Wildman–Crippen LogP) is 1.00. The molecule has 1 aromatic heterocycles. The fourth-order valence-corrected chi connectivity index (χ4v) is 4.59. The summed E-state index contributed by atoms with van der Waals surface area (Å²) in [6.07, 6.45) is 0.864. The van der Waals surface area contributed by atoms with Crippen molar-refractivity contribution >= 4 is 23.6 Å². The third kappa shape index (κ3) is 4.23. The molecule has 0 radical (unpaired) electrons. The molecule has 1 aromatic carbocycles. The summed E-state index contributed by atoms with van der Waals surface area (Å²) >= 11 is 0. The number of aromatic carboxylic acids is 1. The number of carbonyl (C=O) groups is 3. The zero-order valence-corrected chi connectivity index (χ0v) is 18.0. The average Bonchev–Trinajstić information content (AvgIpc) is 2.75. The maximum absolute atomic E-state index is 13.0. The van der Waals surface area contributed by atoms with Crippen molar-refractivity contribution in [2.75, 3.05) is 18.4 Å². The first-order valence-electron chi connectivity index (χ1n) is 10.6. The molecule has 2 atom stereocenters. The molecule has 3 heterocycles. The van der Waals surface area contributed by atoms with Crippen molar-refractivity contribution in [3.63, 3.8) is 0 Å². The van der Waals surface area contributed by atoms with E-state index < -0.39 is 12.0 Å². The Labute approximate surface area is 185 Å². The van der Waals surface area contributed by atoms with E-state index in [9.17, 15) is 24.3 Å². The molecule has 2 aromatic rings. The molecular weight excluding hydrogens is 412 g/mol. The molecule has 2 bridgehead atoms. The number of likely N-dealkylation sites (tertiary alicyclic amines) is 1. The van der Waals surface area contributed by atoms with Gasteiger partial charge in [0.05, 0.1) is 5.97 Å². The van der Waals surface area contributed by atoms with E-state index in [1.54, 1.807) is 21.6 Å². The fourth-order valence-electron chi connectivity index (χ4n) is 4.59. The van der Waals surface area contributed by atoms with Crippen molar-refractivity contribution < 1.29 is 19.5 Å². The Kier molecular flexibility index (Phi) is 5.73. The predicted molar refractivity (Wildman–Crippen MR) is 116 cm³/mol. The fraction of sp³-hybridized carbons (Fsp3) is 0.391. The average molecular weight is 437 g/mol. The van der Waals surface area contributed by atoms with E-state index in [1.165, 1.54) is 18.2 Å². The highest BCUT2D eigenvalue weighted by atomic mass is 16.4. The lowest BCUT2D eigenvalue weighted by molar-refractivity contribution is -0.255. The van der Waals surface area contributed by atoms with Gasteiger partial charge in [0.1, 0.15) is 5.69 Å². The summed E-state index contributed by atoms with van der Waals surface area (Å²) in [5, 5.41) is 16.4. The van der Waals surface area contributed by atoms with Crippen molar-refractivity contribution in [3.05, 3.63) is 63.6 Å². The van der Waals surface area contributed by atoms with Crippen LogP contribution < -0.4 is 21.3 Å². The zero-order chi connectivity index (χ0) is 23.0. The summed E-state index contributed by atoms with van der Waals surface area (Å²) in [6.45, 7) is 5.03. The molecule has 3 amide bonds. The van der Waals surface area contributed by atoms with Crippen LogP contribution in [0.5, 0.6) is 0 Å². The number of carboxylic acids is 1. The number of hydrogen-bond donors (Lipinski definition) is 2. The van der Waals surface area contributed by atoms with Gasteiger partial charge >= 0.3 is 6.03 Å². The first kappa shape index (κ1) is 21.6. The van der Waals surface area contributed by atoms with Crippen LogP contribution in [0.25, 0.3) is 0 Å². The molecule has 1 fully saturated rings. The minimum Gasteiger partial charge on any atom is -0.545 e. The molecular formula is C23H25N4O5-. The number of aromatic nitrogens is 1. The summed E-state index contributed by atoms with van der Waals surface area (Å²) in [5.74, 6) is -1.48. The van der Waals surface area contributed by atoms with Gasteiger partial charge in [0.15, 0.2) is 0 Å². The molecule has 0 saturated carbocycles. The number of amides is 3. The molecule has 0 spiro atoms. The number of benzene rings is 1. The highest BCUT2D eigenvalue weighted by Gasteiger charge is 2.37. The SMILES string of the molecule is CC(C)NC(=O)Nc1ccc2n(c1=O)C[C@H]1C[C@@H]2CN(C(=O)c2cccc(C(=O)[O-])c2)C1. The molecule has 2 aliphatic heterocycles. The number of anilines is 1. The molecule has 2 N–H and O–H groups in total. The molecule has 0 unspecified atom stereocenters. The summed E-state index contributed by atoms with van der Waals surface area (Å²) in [4.78, 5) is 50.9. The minimum atomic E-state index is -1.32. The van der Waals surface area contributed by atoms with E-state index in [1.807, 2.05) is 19.9 Å². The summed E-state index contributed by atoms with van der Waals surface area (Å²) in [6, 6.07) is 8.82. The molecule has 9 nitrogen and oxygen atoms in total. The van der Waals surface area contributed by atoms with Crippen LogP contribution in [0.15, 0.2) is 41.2 Å². The van der Waals surface area contributed by atoms with Crippen molar-refractivity contribution in [2.24, 2.45) is 5.92 Å². The van der Waals surface area contributed by atoms with Gasteiger partial charge in [-0.15, -0.1) is 0 Å². The maximum Gasteiger partial charge on any atom is 0.319 e. The Morgan fingerprint density at radius 2 is 1.81 bits per heavy atom. The third-order valence-corrected chi connectivity index (χ3v) is 5.90. The second-order valence-electron chi connectivity index (χ2n) is 8.72. The molecule has 2 aliphatic rings. The van der Waals surface area contributed by atoms with Crippen LogP contribution in [0.3, 0.4) is 0 Å². The van der Waals surface area contributed by atoms with Gasteiger partial charge in [-0.25, -0.2) is 4.79 Å². The van der Waals surface area contributed by atoms with E-state index in [2.05, 4.69) is 10.6 Å². The molecule has 4 rings (SSSR count). The number of rotatable bonds is 4. The number of pyridine rings is 1. The minimum absolute atomic E-state index is 0.0120. The Morgan fingerprint density at radius 1 is 1.06 bits per heavy atom. The summed E-state index contributed by atoms with van der Waals surface area (Å²) in [7, 11) is 0. The van der Waals surface area contributed by atoms with Crippen LogP contribution in [0.4, 0.5) is 10.5 Å². The van der Waals surface area contributed by atoms with Crippen molar-refractivity contribution in [1.82, 2.24) is 14.8 Å². The van der Waals surface area contributed by atoms with Gasteiger partial charge in [0.2, 0.25) is 0 Å². The van der Waals surface area contributed by atoms with Crippen LogP contribution >= 0.6 is 0 Å². The first-order chi connectivity index (χ1) is 15.2. The Hall–Kier alpha value is -3.62. The molecule has 168 valence electrons. The van der Waals surface area contributed by atoms with Gasteiger partial charge in [0.25, 0.3) is 11.5 Å². The lowest BCUT2D eigenvalue weighted by Crippen LogP contribution is -2.49. The lowest BCUT2D eigenvalue weighted by Gasteiger charge is -2.43. The molecule has 0 aliphatic carbocycles. The second-order valence-corrected chi connectivity index (χ2v) is 8.72. The summed E-state index contributed by atoms with van der Waals surface area (Å²) in [5.41, 5.74) is 1.07. The number of nitrogens with zero attached hydrogens (tertiary/aromatic N) is 2. The first-order valence-corrected chi connectivity index (χ1v) is 10.6. The van der Waals surface area contributed by atoms with Gasteiger partial charge < -0.3 is 30.0 Å². The van der Waals surface area contributed by atoms with E-state index in [-0.39, 0.29) is 40.6 Å². The Bertz CT molecular complexity index is 1140. The number of carbonyl (C=O) groups excluding carboxylic acids is 3. The lowest BCUT2D eigenvalue weighted by atomic mass is 9.83. The van der Waals surface area contributed by atoms with Crippen LogP contribution in [0, 0.1) is 5.92 Å². The Morgan fingerprint density at radius 3 is 2.53 bits per heavy atom. The summed E-state index contributed by atoms with van der Waals surface area (Å²) < 4.78 is 1.70. The van der Waals surface area contributed by atoms with E-state index in [4.69, 9.17) is 0 Å². The number of hydrogen-bond acceptors (Lipinski definition) is 5. The maximum atomic E-state index is 13.0. The van der Waals surface area contributed by atoms with Crippen molar-refractivity contribution in [1.29, 1.82) is 0 Å². The standard InChI is InChI=1S/C23H26N4O5/c1-13(2)24-23(32)25-18-6-7-19-17-8-14(11-27(19)21(18)29)10-26(12-17)20(28)15-4-3-5-16(9-15)22(30)31/h3-7,9,13-14,17H,8,10-12H2,1-2H3,(H,30,31)(H2,24,25,32)/p-1/t14-,17+/m0/s1. The number of carboxylic acid groups (broad SMARTS) is 1. The van der Waals surface area contributed by atoms with E-state index in [0.717, 1.165) is 12.1 Å². The van der Waals surface area contributed by atoms with E-state index >= 15 is 0 Å². The van der Waals surface area contributed by atoms with Gasteiger partial charge in [-0.05, 0) is 56.0 Å². The second kappa shape index (κ2) is 8.49. The highest BCUT2D eigenvalue weighted by Crippen LogP contribution is 2.36. The number of fused-ring (bicyclic) bond motifs is 4. The normalized spacial score (nSPS) is 19.3. The zero-order valence-electron chi connectivity index (χ0n) is 18.0. The monoisotopic (exact) mass is 437 g/mol.